The number of oxazole rings is 1. The van der Waals surface area contributed by atoms with E-state index in [1.807, 2.05) is 45.9 Å². The quantitative estimate of drug-likeness (QED) is 0.466. The van der Waals surface area contributed by atoms with Gasteiger partial charge in [0, 0.05) is 6.07 Å². The molecule has 0 spiro atoms. The number of carbonyl (C=O) groups excluding carboxylic acids is 1. The van der Waals surface area contributed by atoms with Crippen LogP contribution in [-0.2, 0) is 4.74 Å². The van der Waals surface area contributed by atoms with Crippen molar-refractivity contribution in [3.8, 4) is 23.1 Å². The molecule has 8 nitrogen and oxygen atoms in total. The number of nitrogens with zero attached hydrogens (tertiary/aromatic N) is 2. The first-order chi connectivity index (χ1) is 15.7. The lowest BCUT2D eigenvalue weighted by Crippen LogP contribution is -2.40. The Bertz CT molecular complexity index is 1080. The lowest BCUT2D eigenvalue weighted by Gasteiger charge is -2.22. The van der Waals surface area contributed by atoms with Crippen LogP contribution in [0.5, 0.6) is 11.5 Å². The van der Waals surface area contributed by atoms with Gasteiger partial charge in [-0.25, -0.2) is 14.8 Å². The zero-order chi connectivity index (χ0) is 23.4. The van der Waals surface area contributed by atoms with Crippen molar-refractivity contribution < 1.29 is 23.4 Å². The molecule has 0 unspecified atom stereocenters. The van der Waals surface area contributed by atoms with Gasteiger partial charge < -0.3 is 23.9 Å². The number of carbonyl (C=O) groups is 1. The lowest BCUT2D eigenvalue weighted by molar-refractivity contribution is 0.0494. The molecule has 176 valence electrons. The number of rotatable bonds is 9. The highest BCUT2D eigenvalue weighted by atomic mass is 16.6. The molecule has 1 aliphatic carbocycles. The summed E-state index contributed by atoms with van der Waals surface area (Å²) in [5.41, 5.74) is 1.48. The van der Waals surface area contributed by atoms with Gasteiger partial charge in [-0.1, -0.05) is 12.8 Å². The van der Waals surface area contributed by atoms with Crippen LogP contribution in [0.4, 0.5) is 4.79 Å². The van der Waals surface area contributed by atoms with Gasteiger partial charge in [0.25, 0.3) is 0 Å². The van der Waals surface area contributed by atoms with Crippen LogP contribution < -0.4 is 14.8 Å². The first-order valence-electron chi connectivity index (χ1n) is 11.4. The van der Waals surface area contributed by atoms with Crippen molar-refractivity contribution in [2.45, 2.75) is 58.6 Å². The second kappa shape index (κ2) is 9.68. The van der Waals surface area contributed by atoms with Gasteiger partial charge in [0.1, 0.15) is 34.9 Å². The zero-order valence-corrected chi connectivity index (χ0v) is 19.6. The van der Waals surface area contributed by atoms with Gasteiger partial charge in [-0.05, 0) is 64.3 Å². The Hall–Kier alpha value is -3.29. The SMILES string of the molecule is C[C@@H](COc1ccc(-c2nc3cc(OCCC4CC4)ccc3o2)nc1)NC(=O)OC(C)(C)C. The maximum Gasteiger partial charge on any atom is 0.407 e. The van der Waals surface area contributed by atoms with Crippen molar-refractivity contribution in [2.24, 2.45) is 5.92 Å². The van der Waals surface area contributed by atoms with Crippen LogP contribution in [0.3, 0.4) is 0 Å². The predicted molar refractivity (Wildman–Crippen MR) is 124 cm³/mol. The minimum absolute atomic E-state index is 0.225. The fraction of sp³-hybridized carbons (Fsp3) is 0.480. The first kappa shape index (κ1) is 22.9. The summed E-state index contributed by atoms with van der Waals surface area (Å²) in [5.74, 6) is 2.66. The number of nitrogens with one attached hydrogen (secondary N) is 1. The number of ether oxygens (including phenoxy) is 3. The summed E-state index contributed by atoms with van der Waals surface area (Å²) in [6.45, 7) is 8.32. The fourth-order valence-electron chi connectivity index (χ4n) is 3.22. The van der Waals surface area contributed by atoms with E-state index >= 15 is 0 Å². The molecule has 0 radical (unpaired) electrons. The van der Waals surface area contributed by atoms with Gasteiger partial charge in [0.05, 0.1) is 18.8 Å². The molecule has 0 aliphatic heterocycles. The number of alkyl carbamates (subject to hydrolysis) is 1. The summed E-state index contributed by atoms with van der Waals surface area (Å²) >= 11 is 0. The summed E-state index contributed by atoms with van der Waals surface area (Å²) in [7, 11) is 0. The molecule has 3 aromatic rings. The minimum atomic E-state index is -0.542. The first-order valence-corrected chi connectivity index (χ1v) is 11.4. The number of aromatic nitrogens is 2. The summed E-state index contributed by atoms with van der Waals surface area (Å²) < 4.78 is 22.7. The number of fused-ring (bicyclic) bond motifs is 1. The molecule has 1 amide bonds. The second-order valence-corrected chi connectivity index (χ2v) is 9.47. The smallest absolute Gasteiger partial charge is 0.407 e. The van der Waals surface area contributed by atoms with Gasteiger partial charge in [0.2, 0.25) is 5.89 Å². The second-order valence-electron chi connectivity index (χ2n) is 9.47. The van der Waals surface area contributed by atoms with E-state index in [4.69, 9.17) is 18.6 Å². The van der Waals surface area contributed by atoms with Crippen LogP contribution in [0.2, 0.25) is 0 Å². The van der Waals surface area contributed by atoms with Crippen molar-refractivity contribution in [1.82, 2.24) is 15.3 Å². The van der Waals surface area contributed by atoms with Crippen molar-refractivity contribution in [1.29, 1.82) is 0 Å². The summed E-state index contributed by atoms with van der Waals surface area (Å²) in [4.78, 5) is 20.8. The average Bonchev–Trinajstić information content (AvgIpc) is 3.47. The van der Waals surface area contributed by atoms with E-state index in [9.17, 15) is 4.79 Å². The topological polar surface area (TPSA) is 95.7 Å². The largest absolute Gasteiger partial charge is 0.494 e. The third-order valence-electron chi connectivity index (χ3n) is 5.07. The lowest BCUT2D eigenvalue weighted by atomic mass is 10.2. The summed E-state index contributed by atoms with van der Waals surface area (Å²) in [6, 6.07) is 9.03. The number of hydrogen-bond donors (Lipinski definition) is 1. The molecule has 1 atom stereocenters. The van der Waals surface area contributed by atoms with Gasteiger partial charge in [0.15, 0.2) is 5.58 Å². The highest BCUT2D eigenvalue weighted by Gasteiger charge is 2.21. The molecule has 1 aliphatic rings. The molecule has 2 heterocycles. The number of pyridine rings is 1. The Morgan fingerprint density at radius 3 is 2.67 bits per heavy atom. The van der Waals surface area contributed by atoms with Crippen molar-refractivity contribution in [3.05, 3.63) is 36.5 Å². The summed E-state index contributed by atoms with van der Waals surface area (Å²) in [5, 5.41) is 2.74. The molecular weight excluding hydrogens is 422 g/mol. The van der Waals surface area contributed by atoms with Crippen molar-refractivity contribution >= 4 is 17.2 Å². The van der Waals surface area contributed by atoms with Crippen LogP contribution in [-0.4, -0.2) is 40.9 Å². The third kappa shape index (κ3) is 6.84. The number of amides is 1. The fourth-order valence-corrected chi connectivity index (χ4v) is 3.22. The van der Waals surface area contributed by atoms with Gasteiger partial charge in [-0.3, -0.25) is 0 Å². The van der Waals surface area contributed by atoms with Crippen LogP contribution in [0.15, 0.2) is 40.9 Å². The van der Waals surface area contributed by atoms with E-state index in [2.05, 4.69) is 15.3 Å². The Morgan fingerprint density at radius 2 is 1.97 bits per heavy atom. The maximum atomic E-state index is 11.8. The standard InChI is InChI=1S/C25H31N3O5/c1-16(27-24(29)33-25(2,3)4)15-31-19-7-9-20(26-14-19)23-28-21-13-18(8-10-22(21)32-23)30-12-11-17-5-6-17/h7-10,13-14,16-17H,5-6,11-12,15H2,1-4H3,(H,27,29)/t16-/m0/s1. The predicted octanol–water partition coefficient (Wildman–Crippen LogP) is 5.36. The normalized spacial score (nSPS) is 14.7. The monoisotopic (exact) mass is 453 g/mol. The zero-order valence-electron chi connectivity index (χ0n) is 19.6. The maximum absolute atomic E-state index is 11.8. The molecule has 2 aromatic heterocycles. The molecule has 8 heteroatoms. The molecule has 0 saturated heterocycles. The van der Waals surface area contributed by atoms with Crippen LogP contribution in [0, 0.1) is 5.92 Å². The molecule has 33 heavy (non-hydrogen) atoms. The summed E-state index contributed by atoms with van der Waals surface area (Å²) in [6.07, 6.45) is 4.90. The van der Waals surface area contributed by atoms with E-state index in [-0.39, 0.29) is 12.6 Å². The van der Waals surface area contributed by atoms with E-state index in [0.717, 1.165) is 30.2 Å². The molecule has 0 bridgehead atoms. The molecule has 1 fully saturated rings. The number of hydrogen-bond acceptors (Lipinski definition) is 7. The van der Waals surface area contributed by atoms with Gasteiger partial charge in [-0.15, -0.1) is 0 Å². The third-order valence-corrected chi connectivity index (χ3v) is 5.07. The Morgan fingerprint density at radius 1 is 1.18 bits per heavy atom. The van der Waals surface area contributed by atoms with Gasteiger partial charge >= 0.3 is 6.09 Å². The van der Waals surface area contributed by atoms with Crippen LogP contribution in [0.25, 0.3) is 22.7 Å². The minimum Gasteiger partial charge on any atom is -0.494 e. The highest BCUT2D eigenvalue weighted by molar-refractivity contribution is 5.77. The Labute approximate surface area is 193 Å². The van der Waals surface area contributed by atoms with Crippen molar-refractivity contribution in [2.75, 3.05) is 13.2 Å². The number of benzene rings is 1. The highest BCUT2D eigenvalue weighted by Crippen LogP contribution is 2.32. The van der Waals surface area contributed by atoms with Gasteiger partial charge in [-0.2, -0.15) is 0 Å². The Kier molecular flexibility index (Phi) is 6.72. The average molecular weight is 454 g/mol. The Balaban J connectivity index is 1.31. The van der Waals surface area contributed by atoms with E-state index in [1.54, 1.807) is 18.3 Å². The van der Waals surface area contributed by atoms with E-state index in [0.29, 0.717) is 22.9 Å². The molecular formula is C25H31N3O5. The molecule has 4 rings (SSSR count). The van der Waals surface area contributed by atoms with E-state index in [1.165, 1.54) is 12.8 Å². The van der Waals surface area contributed by atoms with E-state index < -0.39 is 11.7 Å². The molecule has 1 N–H and O–H groups in total. The molecule has 1 saturated carbocycles. The van der Waals surface area contributed by atoms with Crippen LogP contribution >= 0.6 is 0 Å². The van der Waals surface area contributed by atoms with Crippen LogP contribution in [0.1, 0.15) is 47.0 Å². The molecule has 1 aromatic carbocycles. The van der Waals surface area contributed by atoms with Crippen molar-refractivity contribution in [3.63, 3.8) is 0 Å².